The van der Waals surface area contributed by atoms with E-state index < -0.39 is 0 Å². The molecule has 47 heavy (non-hydrogen) atoms. The average molecular weight is 616 g/mol. The monoisotopic (exact) mass is 615 g/mol. The summed E-state index contributed by atoms with van der Waals surface area (Å²) in [5.41, 5.74) is 10.1. The molecule has 0 radical (unpaired) electrons. The SMILES string of the molecule is N#Cc1cccc2c1sc1c2ccc2c3ccccc3n(-c3cccc(-c4cccc(-n5c6ccccc6c6ccccc65)c4)c3)c21. The highest BCUT2D eigenvalue weighted by molar-refractivity contribution is 7.27. The summed E-state index contributed by atoms with van der Waals surface area (Å²) in [6.45, 7) is 0. The Balaban J connectivity index is 1.20. The second-order valence-corrected chi connectivity index (χ2v) is 13.1. The van der Waals surface area contributed by atoms with E-state index in [4.69, 9.17) is 0 Å². The summed E-state index contributed by atoms with van der Waals surface area (Å²) in [5, 5.41) is 17.2. The van der Waals surface area contributed by atoms with Gasteiger partial charge in [-0.05, 0) is 59.7 Å². The first-order valence-corrected chi connectivity index (χ1v) is 16.6. The highest BCUT2D eigenvalue weighted by Crippen LogP contribution is 2.44. The maximum absolute atomic E-state index is 9.89. The molecule has 0 N–H and O–H groups in total. The molecule has 10 rings (SSSR count). The molecule has 0 fully saturated rings. The Morgan fingerprint density at radius 2 is 0.915 bits per heavy atom. The standard InChI is InChI=1S/C43H25N3S/c44-26-29-12-9-18-36-37-23-22-35-34-17-3-6-21-40(34)46(41(35)43(37)47-42(29)36)31-14-8-11-28(25-31)27-10-7-13-30(24-27)45-38-19-4-1-15-32(38)33-16-2-5-20-39(33)45/h1-25H. The molecule has 3 aromatic heterocycles. The van der Waals surface area contributed by atoms with Gasteiger partial charge in [0.15, 0.2) is 0 Å². The maximum Gasteiger partial charge on any atom is 0.101 e. The minimum Gasteiger partial charge on any atom is -0.309 e. The quantitative estimate of drug-likeness (QED) is 0.195. The molecule has 0 aliphatic heterocycles. The van der Waals surface area contributed by atoms with Crippen molar-refractivity contribution in [1.29, 1.82) is 5.26 Å². The van der Waals surface area contributed by atoms with Gasteiger partial charge in [0.2, 0.25) is 0 Å². The number of aromatic nitrogens is 2. The third-order valence-corrected chi connectivity index (χ3v) is 10.8. The van der Waals surface area contributed by atoms with Crippen molar-refractivity contribution in [3.63, 3.8) is 0 Å². The number of para-hydroxylation sites is 3. The number of fused-ring (bicyclic) bond motifs is 10. The molecule has 0 atom stereocenters. The molecule has 218 valence electrons. The molecule has 4 heteroatoms. The lowest BCUT2D eigenvalue weighted by atomic mass is 10.0. The molecule has 3 nitrogen and oxygen atoms in total. The smallest absolute Gasteiger partial charge is 0.101 e. The van der Waals surface area contributed by atoms with Gasteiger partial charge in [0.1, 0.15) is 6.07 Å². The molecule has 0 amide bonds. The molecule has 3 heterocycles. The Labute approximate surface area is 274 Å². The Kier molecular flexibility index (Phi) is 5.51. The summed E-state index contributed by atoms with van der Waals surface area (Å²) in [6.07, 6.45) is 0. The fourth-order valence-electron chi connectivity index (χ4n) is 7.51. The van der Waals surface area contributed by atoms with Crippen molar-refractivity contribution in [2.24, 2.45) is 0 Å². The van der Waals surface area contributed by atoms with Crippen molar-refractivity contribution in [2.75, 3.05) is 0 Å². The lowest BCUT2D eigenvalue weighted by molar-refractivity contribution is 1.18. The third kappa shape index (κ3) is 3.72. The molecule has 0 saturated carbocycles. The topological polar surface area (TPSA) is 33.6 Å². The van der Waals surface area contributed by atoms with Gasteiger partial charge >= 0.3 is 0 Å². The summed E-state index contributed by atoms with van der Waals surface area (Å²) < 4.78 is 7.04. The van der Waals surface area contributed by atoms with E-state index in [0.29, 0.717) is 0 Å². The van der Waals surface area contributed by atoms with Crippen LogP contribution in [0.5, 0.6) is 0 Å². The first-order chi connectivity index (χ1) is 23.3. The number of hydrogen-bond donors (Lipinski definition) is 0. The van der Waals surface area contributed by atoms with Gasteiger partial charge in [-0.15, -0.1) is 11.3 Å². The summed E-state index contributed by atoms with van der Waals surface area (Å²) >= 11 is 1.72. The van der Waals surface area contributed by atoms with Crippen LogP contribution in [0.1, 0.15) is 5.56 Å². The summed E-state index contributed by atoms with van der Waals surface area (Å²) in [4.78, 5) is 0. The van der Waals surface area contributed by atoms with Crippen molar-refractivity contribution in [2.45, 2.75) is 0 Å². The van der Waals surface area contributed by atoms with Crippen LogP contribution < -0.4 is 0 Å². The van der Waals surface area contributed by atoms with Crippen LogP contribution in [0.15, 0.2) is 152 Å². The first kappa shape index (κ1) is 26.1. The predicted octanol–water partition coefficient (Wildman–Crippen LogP) is 11.8. The van der Waals surface area contributed by atoms with Gasteiger partial charge in [0.25, 0.3) is 0 Å². The van der Waals surface area contributed by atoms with Crippen molar-refractivity contribution in [3.8, 4) is 28.6 Å². The minimum absolute atomic E-state index is 0.727. The zero-order chi connectivity index (χ0) is 31.1. The molecule has 0 aliphatic rings. The van der Waals surface area contributed by atoms with Gasteiger partial charge in [-0.1, -0.05) is 103 Å². The van der Waals surface area contributed by atoms with Crippen LogP contribution in [-0.4, -0.2) is 9.13 Å². The predicted molar refractivity (Wildman–Crippen MR) is 198 cm³/mol. The Hall–Kier alpha value is -6.15. The minimum atomic E-state index is 0.727. The highest BCUT2D eigenvalue weighted by atomic mass is 32.1. The Morgan fingerprint density at radius 3 is 1.55 bits per heavy atom. The van der Waals surface area contributed by atoms with Crippen molar-refractivity contribution < 1.29 is 0 Å². The van der Waals surface area contributed by atoms with E-state index in [1.54, 1.807) is 11.3 Å². The number of rotatable bonds is 3. The maximum atomic E-state index is 9.89. The van der Waals surface area contributed by atoms with Crippen molar-refractivity contribution >= 4 is 75.1 Å². The fraction of sp³-hybridized carbons (Fsp3) is 0. The van der Waals surface area contributed by atoms with Crippen LogP contribution in [0, 0.1) is 11.3 Å². The zero-order valence-electron chi connectivity index (χ0n) is 25.2. The van der Waals surface area contributed by atoms with Crippen molar-refractivity contribution in [1.82, 2.24) is 9.13 Å². The number of hydrogen-bond acceptors (Lipinski definition) is 2. The van der Waals surface area contributed by atoms with Gasteiger partial charge in [0, 0.05) is 43.7 Å². The number of nitriles is 1. The van der Waals surface area contributed by atoms with Crippen LogP contribution in [0.4, 0.5) is 0 Å². The molecule has 0 bridgehead atoms. The van der Waals surface area contributed by atoms with E-state index in [9.17, 15) is 5.26 Å². The Morgan fingerprint density at radius 1 is 0.426 bits per heavy atom. The van der Waals surface area contributed by atoms with Crippen LogP contribution in [0.25, 0.3) is 86.3 Å². The molecular formula is C43H25N3S. The molecule has 7 aromatic carbocycles. The first-order valence-electron chi connectivity index (χ1n) is 15.8. The van der Waals surface area contributed by atoms with Gasteiger partial charge in [-0.25, -0.2) is 0 Å². The van der Waals surface area contributed by atoms with Crippen LogP contribution in [0.3, 0.4) is 0 Å². The van der Waals surface area contributed by atoms with Crippen LogP contribution in [0.2, 0.25) is 0 Å². The van der Waals surface area contributed by atoms with E-state index in [2.05, 4.69) is 155 Å². The van der Waals surface area contributed by atoms with E-state index in [1.807, 2.05) is 12.1 Å². The molecule has 10 aromatic rings. The van der Waals surface area contributed by atoms with Gasteiger partial charge in [0.05, 0.1) is 37.0 Å². The number of benzene rings is 7. The van der Waals surface area contributed by atoms with E-state index >= 15 is 0 Å². The van der Waals surface area contributed by atoms with E-state index in [-0.39, 0.29) is 0 Å². The lowest BCUT2D eigenvalue weighted by Gasteiger charge is -2.13. The summed E-state index contributed by atoms with van der Waals surface area (Å²) in [7, 11) is 0. The van der Waals surface area contributed by atoms with E-state index in [1.165, 1.54) is 53.7 Å². The van der Waals surface area contributed by atoms with Crippen molar-refractivity contribution in [3.05, 3.63) is 157 Å². The van der Waals surface area contributed by atoms with E-state index in [0.717, 1.165) is 38.2 Å². The number of nitrogens with zero attached hydrogens (tertiary/aromatic N) is 3. The zero-order valence-corrected chi connectivity index (χ0v) is 26.0. The Bertz CT molecular complexity index is 2880. The van der Waals surface area contributed by atoms with Gasteiger partial charge in [-0.2, -0.15) is 5.26 Å². The fourth-order valence-corrected chi connectivity index (χ4v) is 8.81. The highest BCUT2D eigenvalue weighted by Gasteiger charge is 2.19. The molecular weight excluding hydrogens is 591 g/mol. The molecule has 0 aliphatic carbocycles. The largest absolute Gasteiger partial charge is 0.309 e. The molecule has 0 spiro atoms. The van der Waals surface area contributed by atoms with Crippen LogP contribution >= 0.6 is 11.3 Å². The second-order valence-electron chi connectivity index (χ2n) is 12.1. The second kappa shape index (κ2) is 9.92. The molecule has 0 saturated heterocycles. The lowest BCUT2D eigenvalue weighted by Crippen LogP contribution is -1.96. The van der Waals surface area contributed by atoms with Gasteiger partial charge < -0.3 is 9.13 Å². The van der Waals surface area contributed by atoms with Crippen LogP contribution in [-0.2, 0) is 0 Å². The summed E-state index contributed by atoms with van der Waals surface area (Å²) in [5.74, 6) is 0. The summed E-state index contributed by atoms with van der Waals surface area (Å²) in [6, 6.07) is 56.7. The number of thiophene rings is 1. The van der Waals surface area contributed by atoms with Gasteiger partial charge in [-0.3, -0.25) is 0 Å². The average Bonchev–Trinajstić information content (AvgIpc) is 3.80. The molecule has 0 unspecified atom stereocenters. The third-order valence-electron chi connectivity index (χ3n) is 9.54. The normalized spacial score (nSPS) is 11.8.